The van der Waals surface area contributed by atoms with Gasteiger partial charge in [-0.1, -0.05) is 17.7 Å². The van der Waals surface area contributed by atoms with Gasteiger partial charge in [-0.05, 0) is 31.9 Å². The first-order valence-electron chi connectivity index (χ1n) is 5.79. The van der Waals surface area contributed by atoms with Crippen LogP contribution in [0, 0.1) is 20.8 Å². The summed E-state index contributed by atoms with van der Waals surface area (Å²) in [7, 11) is 0. The van der Waals surface area contributed by atoms with Crippen LogP contribution in [0.25, 0.3) is 0 Å². The van der Waals surface area contributed by atoms with Crippen LogP contribution >= 0.6 is 0 Å². The van der Waals surface area contributed by atoms with E-state index in [1.165, 1.54) is 16.5 Å². The Bertz CT molecular complexity index is 536. The van der Waals surface area contributed by atoms with Gasteiger partial charge in [0, 0.05) is 12.4 Å². The molecule has 4 nitrogen and oxygen atoms in total. The maximum atomic E-state index is 11.8. The third-order valence-electron chi connectivity index (χ3n) is 2.74. The van der Waals surface area contributed by atoms with Gasteiger partial charge in [-0.15, -0.1) is 0 Å². The first-order valence-corrected chi connectivity index (χ1v) is 5.79. The van der Waals surface area contributed by atoms with E-state index in [0.29, 0.717) is 0 Å². The molecule has 94 valence electrons. The van der Waals surface area contributed by atoms with Gasteiger partial charge in [-0.25, -0.2) is 4.98 Å². The number of aryl methyl sites for hydroxylation is 3. The van der Waals surface area contributed by atoms with Crippen LogP contribution in [0.1, 0.15) is 21.5 Å². The molecule has 0 atom stereocenters. The highest BCUT2D eigenvalue weighted by Gasteiger charge is 2.09. The van der Waals surface area contributed by atoms with E-state index < -0.39 is 0 Å². The fourth-order valence-electron chi connectivity index (χ4n) is 2.01. The van der Waals surface area contributed by atoms with Gasteiger partial charge >= 0.3 is 0 Å². The van der Waals surface area contributed by atoms with Crippen molar-refractivity contribution in [2.24, 2.45) is 0 Å². The summed E-state index contributed by atoms with van der Waals surface area (Å²) >= 11 is 0. The number of carbonyl (C=O) groups is 1. The molecule has 1 aromatic heterocycles. The molecule has 2 rings (SSSR count). The molecule has 0 spiro atoms. The van der Waals surface area contributed by atoms with Crippen LogP contribution in [0.15, 0.2) is 30.9 Å². The average molecular weight is 244 g/mol. The van der Waals surface area contributed by atoms with E-state index in [-0.39, 0.29) is 12.5 Å². The summed E-state index contributed by atoms with van der Waals surface area (Å²) in [4.78, 5) is 15.6. The van der Waals surface area contributed by atoms with Gasteiger partial charge in [0.05, 0.1) is 0 Å². The zero-order valence-electron chi connectivity index (χ0n) is 10.8. The summed E-state index contributed by atoms with van der Waals surface area (Å²) in [5.41, 5.74) is 3.29. The third kappa shape index (κ3) is 2.59. The Morgan fingerprint density at radius 1 is 1.28 bits per heavy atom. The minimum atomic E-state index is -0.133. The molecule has 0 aliphatic rings. The van der Waals surface area contributed by atoms with Crippen molar-refractivity contribution < 1.29 is 9.53 Å². The van der Waals surface area contributed by atoms with Crippen molar-refractivity contribution in [2.45, 2.75) is 20.8 Å². The molecule has 0 radical (unpaired) electrons. The molecule has 0 saturated carbocycles. The van der Waals surface area contributed by atoms with Crippen LogP contribution in [-0.4, -0.2) is 22.1 Å². The Balaban J connectivity index is 2.09. The molecule has 18 heavy (non-hydrogen) atoms. The standard InChI is InChI=1S/C14H16N2O2/c1-10-6-11(2)14(12(3)7-10)18-8-13(17)16-5-4-15-9-16/h4-7,9H,8H2,1-3H3. The Kier molecular flexibility index (Phi) is 3.46. The van der Waals surface area contributed by atoms with Crippen LogP contribution in [0.3, 0.4) is 0 Å². The Morgan fingerprint density at radius 3 is 2.50 bits per heavy atom. The highest BCUT2D eigenvalue weighted by Crippen LogP contribution is 2.24. The molecule has 1 aromatic carbocycles. The summed E-state index contributed by atoms with van der Waals surface area (Å²) in [5.74, 6) is 0.654. The number of nitrogens with zero attached hydrogens (tertiary/aromatic N) is 2. The van der Waals surface area contributed by atoms with Crippen molar-refractivity contribution in [2.75, 3.05) is 6.61 Å². The molecule has 0 saturated heterocycles. The van der Waals surface area contributed by atoms with Crippen molar-refractivity contribution in [3.63, 3.8) is 0 Å². The van der Waals surface area contributed by atoms with Gasteiger partial charge in [0.2, 0.25) is 0 Å². The van der Waals surface area contributed by atoms with E-state index in [9.17, 15) is 4.79 Å². The molecule has 1 heterocycles. The lowest BCUT2D eigenvalue weighted by molar-refractivity contribution is 0.0836. The van der Waals surface area contributed by atoms with E-state index in [4.69, 9.17) is 4.74 Å². The second-order valence-corrected chi connectivity index (χ2v) is 4.38. The zero-order valence-corrected chi connectivity index (χ0v) is 10.8. The third-order valence-corrected chi connectivity index (χ3v) is 2.74. The monoisotopic (exact) mass is 244 g/mol. The number of carbonyl (C=O) groups excluding carboxylic acids is 1. The first-order chi connectivity index (χ1) is 8.58. The van der Waals surface area contributed by atoms with Crippen LogP contribution in [0.5, 0.6) is 5.75 Å². The fourth-order valence-corrected chi connectivity index (χ4v) is 2.01. The van der Waals surface area contributed by atoms with Crippen molar-refractivity contribution in [3.8, 4) is 5.75 Å². The van der Waals surface area contributed by atoms with Gasteiger partial charge < -0.3 is 4.74 Å². The maximum Gasteiger partial charge on any atom is 0.269 e. The number of benzene rings is 1. The van der Waals surface area contributed by atoms with E-state index in [2.05, 4.69) is 4.98 Å². The van der Waals surface area contributed by atoms with Gasteiger partial charge in [-0.2, -0.15) is 0 Å². The number of aromatic nitrogens is 2. The lowest BCUT2D eigenvalue weighted by Crippen LogP contribution is -2.18. The quantitative estimate of drug-likeness (QED) is 0.833. The summed E-state index contributed by atoms with van der Waals surface area (Å²) in [6.45, 7) is 6.02. The largest absolute Gasteiger partial charge is 0.483 e. The SMILES string of the molecule is Cc1cc(C)c(OCC(=O)n2ccnc2)c(C)c1. The Morgan fingerprint density at radius 2 is 1.94 bits per heavy atom. The summed E-state index contributed by atoms with van der Waals surface area (Å²) < 4.78 is 7.03. The molecule has 0 fully saturated rings. The summed E-state index contributed by atoms with van der Waals surface area (Å²) in [6.07, 6.45) is 4.65. The Hall–Kier alpha value is -2.10. The number of hydrogen-bond acceptors (Lipinski definition) is 3. The predicted molar refractivity (Wildman–Crippen MR) is 69.0 cm³/mol. The molecule has 0 N–H and O–H groups in total. The molecule has 0 bridgehead atoms. The summed E-state index contributed by atoms with van der Waals surface area (Å²) in [6, 6.07) is 4.09. The van der Waals surface area contributed by atoms with Crippen LogP contribution in [0.4, 0.5) is 0 Å². The zero-order chi connectivity index (χ0) is 13.1. The maximum absolute atomic E-state index is 11.8. The highest BCUT2D eigenvalue weighted by atomic mass is 16.5. The number of ether oxygens (including phenoxy) is 1. The topological polar surface area (TPSA) is 44.1 Å². The molecule has 0 amide bonds. The van der Waals surface area contributed by atoms with Gasteiger partial charge in [0.1, 0.15) is 12.1 Å². The van der Waals surface area contributed by atoms with Crippen LogP contribution in [0.2, 0.25) is 0 Å². The minimum absolute atomic E-state index is 0.0150. The Labute approximate surface area is 106 Å². The highest BCUT2D eigenvalue weighted by molar-refractivity contribution is 5.80. The smallest absolute Gasteiger partial charge is 0.269 e. The van der Waals surface area contributed by atoms with E-state index in [1.54, 1.807) is 12.4 Å². The van der Waals surface area contributed by atoms with E-state index >= 15 is 0 Å². The van der Waals surface area contributed by atoms with E-state index in [0.717, 1.165) is 16.9 Å². The van der Waals surface area contributed by atoms with Crippen LogP contribution in [-0.2, 0) is 0 Å². The molecule has 0 unspecified atom stereocenters. The van der Waals surface area contributed by atoms with Crippen molar-refractivity contribution in [3.05, 3.63) is 47.5 Å². The van der Waals surface area contributed by atoms with Gasteiger partial charge in [-0.3, -0.25) is 9.36 Å². The van der Waals surface area contributed by atoms with Crippen molar-refractivity contribution in [1.29, 1.82) is 0 Å². The number of hydrogen-bond donors (Lipinski definition) is 0. The summed E-state index contributed by atoms with van der Waals surface area (Å²) in [5, 5.41) is 0. The number of rotatable bonds is 3. The van der Waals surface area contributed by atoms with Gasteiger partial charge in [0.25, 0.3) is 5.91 Å². The fraction of sp³-hybridized carbons (Fsp3) is 0.286. The second kappa shape index (κ2) is 5.04. The second-order valence-electron chi connectivity index (χ2n) is 4.38. The average Bonchev–Trinajstić information content (AvgIpc) is 2.80. The lowest BCUT2D eigenvalue weighted by atomic mass is 10.1. The van der Waals surface area contributed by atoms with Gasteiger partial charge in [0.15, 0.2) is 6.61 Å². The first kappa shape index (κ1) is 12.4. The molecule has 4 heteroatoms. The molecular weight excluding hydrogens is 228 g/mol. The molecule has 2 aromatic rings. The molecule has 0 aliphatic heterocycles. The predicted octanol–water partition coefficient (Wildman–Crippen LogP) is 2.53. The normalized spacial score (nSPS) is 10.4. The van der Waals surface area contributed by atoms with Crippen molar-refractivity contribution in [1.82, 2.24) is 9.55 Å². The lowest BCUT2D eigenvalue weighted by Gasteiger charge is -2.12. The molecular formula is C14H16N2O2. The number of imidazole rings is 1. The van der Waals surface area contributed by atoms with E-state index in [1.807, 2.05) is 32.9 Å². The van der Waals surface area contributed by atoms with Crippen LogP contribution < -0.4 is 4.74 Å². The molecule has 0 aliphatic carbocycles. The minimum Gasteiger partial charge on any atom is -0.483 e. The van der Waals surface area contributed by atoms with Crippen molar-refractivity contribution >= 4 is 5.91 Å².